The van der Waals surface area contributed by atoms with Gasteiger partial charge in [-0.3, -0.25) is 0 Å². The largest absolute Gasteiger partial charge is 0.462 e. The fourth-order valence-electron chi connectivity index (χ4n) is 2.28. The average Bonchev–Trinajstić information content (AvgIpc) is 2.81. The molecule has 1 aliphatic rings. The summed E-state index contributed by atoms with van der Waals surface area (Å²) >= 11 is 0. The highest BCUT2D eigenvalue weighted by atomic mass is 16.6. The number of H-pyrrole nitrogens is 1. The van der Waals surface area contributed by atoms with Crippen LogP contribution in [-0.4, -0.2) is 27.5 Å². The van der Waals surface area contributed by atoms with Crippen LogP contribution in [0, 0.1) is 10.1 Å². The van der Waals surface area contributed by atoms with Crippen molar-refractivity contribution in [2.24, 2.45) is 0 Å². The van der Waals surface area contributed by atoms with Crippen molar-refractivity contribution in [3.63, 3.8) is 0 Å². The highest BCUT2D eigenvalue weighted by molar-refractivity contribution is 5.50. The number of hydrogen-bond acceptors (Lipinski definition) is 5. The summed E-state index contributed by atoms with van der Waals surface area (Å²) in [6.45, 7) is 2.48. The molecule has 0 unspecified atom stereocenters. The summed E-state index contributed by atoms with van der Waals surface area (Å²) < 4.78 is 5.45. The topological polar surface area (TPSA) is 93.1 Å². The van der Waals surface area contributed by atoms with Gasteiger partial charge in [0.15, 0.2) is 0 Å². The lowest BCUT2D eigenvalue weighted by Gasteiger charge is -2.22. The molecule has 0 amide bonds. The molecule has 7 heteroatoms. The van der Waals surface area contributed by atoms with E-state index in [4.69, 9.17) is 4.74 Å². The lowest BCUT2D eigenvalue weighted by molar-refractivity contribution is -0.393. The van der Waals surface area contributed by atoms with Gasteiger partial charge in [0.1, 0.15) is 0 Å². The number of nitrogens with one attached hydrogen (secondary N) is 2. The van der Waals surface area contributed by atoms with Crippen LogP contribution >= 0.6 is 0 Å². The number of rotatable bonds is 6. The van der Waals surface area contributed by atoms with Crippen molar-refractivity contribution in [2.45, 2.75) is 51.5 Å². The minimum Gasteiger partial charge on any atom is -0.462 e. The Bertz CT molecular complexity index is 427. The summed E-state index contributed by atoms with van der Waals surface area (Å²) in [4.78, 5) is 16.8. The molecule has 1 saturated carbocycles. The van der Waals surface area contributed by atoms with Gasteiger partial charge in [0.25, 0.3) is 0 Å². The van der Waals surface area contributed by atoms with Crippen LogP contribution in [-0.2, 0) is 0 Å². The zero-order chi connectivity index (χ0) is 13.7. The molecule has 1 aromatic heterocycles. The summed E-state index contributed by atoms with van der Waals surface area (Å²) in [7, 11) is 0. The number of anilines is 1. The standard InChI is InChI=1S/C12H20N4O3/c1-2-8-19-11-10(14-12(15-11)16(17)18)13-9-6-4-3-5-7-9/h9,13H,2-8H2,1H3,(H,14,15). The minimum atomic E-state index is -0.537. The number of ether oxygens (including phenoxy) is 1. The highest BCUT2D eigenvalue weighted by Gasteiger charge is 2.24. The molecular weight excluding hydrogens is 248 g/mol. The van der Waals surface area contributed by atoms with Gasteiger partial charge in [0, 0.05) is 6.04 Å². The van der Waals surface area contributed by atoms with Crippen molar-refractivity contribution < 1.29 is 9.66 Å². The second-order valence-electron chi connectivity index (χ2n) is 4.83. The summed E-state index contributed by atoms with van der Waals surface area (Å²) in [5.41, 5.74) is 0. The van der Waals surface area contributed by atoms with E-state index in [1.807, 2.05) is 6.92 Å². The van der Waals surface area contributed by atoms with Crippen LogP contribution in [0.1, 0.15) is 45.4 Å². The molecule has 2 rings (SSSR count). The third-order valence-electron chi connectivity index (χ3n) is 3.23. The van der Waals surface area contributed by atoms with E-state index < -0.39 is 4.92 Å². The van der Waals surface area contributed by atoms with Crippen molar-refractivity contribution in [3.8, 4) is 5.88 Å². The zero-order valence-corrected chi connectivity index (χ0v) is 11.1. The second kappa shape index (κ2) is 6.40. The number of aromatic amines is 1. The van der Waals surface area contributed by atoms with Gasteiger partial charge >= 0.3 is 11.8 Å². The normalized spacial score (nSPS) is 16.3. The van der Waals surface area contributed by atoms with Gasteiger partial charge in [-0.1, -0.05) is 26.2 Å². The smallest absolute Gasteiger partial charge is 0.437 e. The molecule has 106 valence electrons. The predicted molar refractivity (Wildman–Crippen MR) is 71.5 cm³/mol. The second-order valence-corrected chi connectivity index (χ2v) is 4.83. The first-order chi connectivity index (χ1) is 9.20. The van der Waals surface area contributed by atoms with E-state index in [9.17, 15) is 10.1 Å². The van der Waals surface area contributed by atoms with E-state index >= 15 is 0 Å². The van der Waals surface area contributed by atoms with Crippen molar-refractivity contribution in [1.82, 2.24) is 9.97 Å². The zero-order valence-electron chi connectivity index (χ0n) is 11.1. The lowest BCUT2D eigenvalue weighted by atomic mass is 9.96. The molecule has 19 heavy (non-hydrogen) atoms. The molecule has 0 radical (unpaired) electrons. The summed E-state index contributed by atoms with van der Waals surface area (Å²) in [5.74, 6) is 0.565. The summed E-state index contributed by atoms with van der Waals surface area (Å²) in [6.07, 6.45) is 6.65. The van der Waals surface area contributed by atoms with Crippen LogP contribution in [0.2, 0.25) is 0 Å². The third-order valence-corrected chi connectivity index (χ3v) is 3.23. The Balaban J connectivity index is 2.08. The Labute approximate surface area is 111 Å². The number of nitrogens with zero attached hydrogens (tertiary/aromatic N) is 2. The van der Waals surface area contributed by atoms with Gasteiger partial charge in [-0.2, -0.15) is 0 Å². The van der Waals surface area contributed by atoms with E-state index in [0.717, 1.165) is 19.3 Å². The van der Waals surface area contributed by atoms with Gasteiger partial charge in [0.05, 0.1) is 6.61 Å². The SMILES string of the molecule is CCCOc1nc([N+](=O)[O-])[nH]c1NC1CCCCC1. The maximum atomic E-state index is 10.8. The van der Waals surface area contributed by atoms with Crippen LogP contribution in [0.15, 0.2) is 0 Å². The van der Waals surface area contributed by atoms with Crippen LogP contribution in [0.25, 0.3) is 0 Å². The number of nitro groups is 1. The Morgan fingerprint density at radius 2 is 2.21 bits per heavy atom. The molecule has 1 heterocycles. The first kappa shape index (κ1) is 13.6. The van der Waals surface area contributed by atoms with E-state index in [1.165, 1.54) is 19.3 Å². The monoisotopic (exact) mass is 268 g/mol. The molecule has 7 nitrogen and oxygen atoms in total. The highest BCUT2D eigenvalue weighted by Crippen LogP contribution is 2.28. The molecule has 0 aliphatic heterocycles. The first-order valence-corrected chi connectivity index (χ1v) is 6.84. The number of hydrogen-bond donors (Lipinski definition) is 2. The molecule has 0 aromatic carbocycles. The maximum Gasteiger partial charge on any atom is 0.437 e. The van der Waals surface area contributed by atoms with Crippen LogP contribution in [0.4, 0.5) is 11.8 Å². The molecule has 2 N–H and O–H groups in total. The average molecular weight is 268 g/mol. The Morgan fingerprint density at radius 1 is 1.47 bits per heavy atom. The maximum absolute atomic E-state index is 10.8. The third kappa shape index (κ3) is 3.59. The number of aromatic nitrogens is 2. The molecule has 0 saturated heterocycles. The van der Waals surface area contributed by atoms with Crippen molar-refractivity contribution in [1.29, 1.82) is 0 Å². The van der Waals surface area contributed by atoms with Gasteiger partial charge in [0.2, 0.25) is 5.82 Å². The Kier molecular flexibility index (Phi) is 4.59. The summed E-state index contributed by atoms with van der Waals surface area (Å²) in [5, 5.41) is 14.0. The van der Waals surface area contributed by atoms with E-state index in [0.29, 0.717) is 24.3 Å². The van der Waals surface area contributed by atoms with Crippen LogP contribution in [0.5, 0.6) is 5.88 Å². The minimum absolute atomic E-state index is 0.274. The van der Waals surface area contributed by atoms with Crippen LogP contribution in [0.3, 0.4) is 0 Å². The Hall–Kier alpha value is -1.79. The summed E-state index contributed by atoms with van der Waals surface area (Å²) in [6, 6.07) is 0.345. The van der Waals surface area contributed by atoms with Crippen molar-refractivity contribution in [2.75, 3.05) is 11.9 Å². The molecule has 1 aromatic rings. The van der Waals surface area contributed by atoms with Crippen molar-refractivity contribution >= 4 is 11.8 Å². The molecule has 1 aliphatic carbocycles. The lowest BCUT2D eigenvalue weighted by Crippen LogP contribution is -2.22. The van der Waals surface area contributed by atoms with Gasteiger partial charge < -0.3 is 20.2 Å². The predicted octanol–water partition coefficient (Wildman–Crippen LogP) is 2.85. The molecule has 0 atom stereocenters. The van der Waals surface area contributed by atoms with Gasteiger partial charge in [-0.15, -0.1) is 0 Å². The fourth-order valence-corrected chi connectivity index (χ4v) is 2.28. The van der Waals surface area contributed by atoms with Gasteiger partial charge in [-0.25, -0.2) is 4.98 Å². The Morgan fingerprint density at radius 3 is 2.84 bits per heavy atom. The fraction of sp³-hybridized carbons (Fsp3) is 0.750. The van der Waals surface area contributed by atoms with Crippen molar-refractivity contribution in [3.05, 3.63) is 10.1 Å². The van der Waals surface area contributed by atoms with E-state index in [1.54, 1.807) is 0 Å². The first-order valence-electron chi connectivity index (χ1n) is 6.84. The van der Waals surface area contributed by atoms with Gasteiger partial charge in [-0.05, 0) is 29.2 Å². The quantitative estimate of drug-likeness (QED) is 0.611. The molecular formula is C12H20N4O3. The van der Waals surface area contributed by atoms with E-state index in [2.05, 4.69) is 15.3 Å². The van der Waals surface area contributed by atoms with Crippen LogP contribution < -0.4 is 10.1 Å². The number of imidazole rings is 1. The molecule has 0 spiro atoms. The van der Waals surface area contributed by atoms with E-state index in [-0.39, 0.29) is 5.95 Å². The molecule has 0 bridgehead atoms. The molecule has 1 fully saturated rings.